The molecule has 1 unspecified atom stereocenters. The first-order valence-corrected chi connectivity index (χ1v) is 11.1. The number of alkyl halides is 3. The van der Waals surface area contributed by atoms with Crippen molar-refractivity contribution in [3.63, 3.8) is 0 Å². The van der Waals surface area contributed by atoms with Gasteiger partial charge in [0.05, 0.1) is 5.92 Å². The predicted octanol–water partition coefficient (Wildman–Crippen LogP) is 5.26. The van der Waals surface area contributed by atoms with E-state index in [1.165, 1.54) is 24.3 Å². The molecule has 2 aromatic rings. The Bertz CT molecular complexity index is 947. The molecule has 0 aromatic heterocycles. The average Bonchev–Trinajstić information content (AvgIpc) is 3.64. The molecule has 0 spiro atoms. The van der Waals surface area contributed by atoms with Crippen LogP contribution in [0.4, 0.5) is 13.2 Å². The Kier molecular flexibility index (Phi) is 6.26. The first-order valence-electron chi connectivity index (χ1n) is 11.1. The van der Waals surface area contributed by atoms with Crippen LogP contribution in [0.25, 0.3) is 0 Å². The summed E-state index contributed by atoms with van der Waals surface area (Å²) in [7, 11) is 0. The fourth-order valence-corrected chi connectivity index (χ4v) is 4.35. The summed E-state index contributed by atoms with van der Waals surface area (Å²) in [4.78, 5) is 29.7. The van der Waals surface area contributed by atoms with Gasteiger partial charge in [-0.25, -0.2) is 0 Å². The monoisotopic (exact) mass is 444 g/mol. The molecule has 4 nitrogen and oxygen atoms in total. The fraction of sp³-hybridized carbons (Fsp3) is 0.440. The van der Waals surface area contributed by atoms with Crippen LogP contribution in [0, 0.1) is 0 Å². The molecular formula is C25H27F3N2O2. The molecule has 1 aliphatic heterocycles. The second kappa shape index (κ2) is 8.96. The molecule has 0 N–H and O–H groups in total. The highest BCUT2D eigenvalue weighted by molar-refractivity contribution is 5.95. The Balaban J connectivity index is 1.42. The molecule has 2 fully saturated rings. The van der Waals surface area contributed by atoms with E-state index < -0.39 is 12.1 Å². The summed E-state index contributed by atoms with van der Waals surface area (Å²) in [6.45, 7) is 2.28. The van der Waals surface area contributed by atoms with Crippen molar-refractivity contribution in [1.82, 2.24) is 9.80 Å². The van der Waals surface area contributed by atoms with Gasteiger partial charge < -0.3 is 9.80 Å². The topological polar surface area (TPSA) is 40.6 Å². The van der Waals surface area contributed by atoms with E-state index in [2.05, 4.69) is 0 Å². The van der Waals surface area contributed by atoms with Crippen molar-refractivity contribution < 1.29 is 22.8 Å². The normalized spacial score (nSPS) is 18.3. The molecule has 2 aromatic carbocycles. The Morgan fingerprint density at radius 2 is 1.44 bits per heavy atom. The van der Waals surface area contributed by atoms with Crippen LogP contribution in [0.1, 0.15) is 64.8 Å². The summed E-state index contributed by atoms with van der Waals surface area (Å²) in [6, 6.07) is 15.2. The Morgan fingerprint density at radius 3 is 1.97 bits per heavy atom. The fourth-order valence-electron chi connectivity index (χ4n) is 4.35. The zero-order valence-corrected chi connectivity index (χ0v) is 18.0. The maximum atomic E-state index is 13.3. The van der Waals surface area contributed by atoms with Gasteiger partial charge in [-0.2, -0.15) is 13.2 Å². The molecule has 32 heavy (non-hydrogen) atoms. The van der Waals surface area contributed by atoms with Crippen LogP contribution in [0.2, 0.25) is 0 Å². The second-order valence-electron chi connectivity index (χ2n) is 8.72. The third-order valence-corrected chi connectivity index (χ3v) is 6.49. The minimum Gasteiger partial charge on any atom is -0.338 e. The lowest BCUT2D eigenvalue weighted by atomic mass is 9.97. The van der Waals surface area contributed by atoms with Crippen LogP contribution in [0.3, 0.4) is 0 Å². The van der Waals surface area contributed by atoms with Crippen molar-refractivity contribution in [2.45, 2.75) is 56.8 Å². The van der Waals surface area contributed by atoms with Gasteiger partial charge in [0, 0.05) is 36.3 Å². The second-order valence-corrected chi connectivity index (χ2v) is 8.72. The number of hydrogen-bond donors (Lipinski definition) is 0. The standard InChI is InChI=1S/C25H27F3N2O2/c1-17(25(26,27)28)18-7-9-20(10-8-18)24(32)30(21-11-12-21)22-13-15-29(16-14-22)23(31)19-5-3-2-4-6-19/h2-10,17,21-22H,11-16H2,1H3. The smallest absolute Gasteiger partial charge is 0.338 e. The maximum absolute atomic E-state index is 13.3. The number of carbonyl (C=O) groups is 2. The van der Waals surface area contributed by atoms with Crippen molar-refractivity contribution in [3.05, 3.63) is 71.3 Å². The summed E-state index contributed by atoms with van der Waals surface area (Å²) in [5.74, 6) is -1.70. The zero-order chi connectivity index (χ0) is 22.9. The van der Waals surface area contributed by atoms with Crippen LogP contribution in [-0.2, 0) is 0 Å². The quantitative estimate of drug-likeness (QED) is 0.631. The lowest BCUT2D eigenvalue weighted by Crippen LogP contribution is -2.49. The van der Waals surface area contributed by atoms with E-state index in [4.69, 9.17) is 0 Å². The van der Waals surface area contributed by atoms with Crippen LogP contribution < -0.4 is 0 Å². The number of benzene rings is 2. The predicted molar refractivity (Wildman–Crippen MR) is 115 cm³/mol. The molecule has 0 radical (unpaired) electrons. The number of hydrogen-bond acceptors (Lipinski definition) is 2. The van der Waals surface area contributed by atoms with Crippen LogP contribution >= 0.6 is 0 Å². The molecule has 1 atom stereocenters. The van der Waals surface area contributed by atoms with Crippen LogP contribution in [-0.4, -0.2) is 53.0 Å². The van der Waals surface area contributed by atoms with Crippen LogP contribution in [0.15, 0.2) is 54.6 Å². The van der Waals surface area contributed by atoms with E-state index in [0.717, 1.165) is 19.8 Å². The number of piperidine rings is 1. The van der Waals surface area contributed by atoms with Crippen molar-refractivity contribution >= 4 is 11.8 Å². The molecule has 1 heterocycles. The molecular weight excluding hydrogens is 417 g/mol. The van der Waals surface area contributed by atoms with Crippen molar-refractivity contribution in [2.75, 3.05) is 13.1 Å². The summed E-state index contributed by atoms with van der Waals surface area (Å²) in [5, 5.41) is 0. The van der Waals surface area contributed by atoms with Gasteiger partial charge in [-0.3, -0.25) is 9.59 Å². The van der Waals surface area contributed by atoms with Gasteiger partial charge in [0.25, 0.3) is 11.8 Å². The molecule has 170 valence electrons. The number of rotatable bonds is 5. The molecule has 7 heteroatoms. The summed E-state index contributed by atoms with van der Waals surface area (Å²) >= 11 is 0. The van der Waals surface area contributed by atoms with E-state index in [1.807, 2.05) is 28.0 Å². The van der Waals surface area contributed by atoms with Gasteiger partial charge in [0.15, 0.2) is 0 Å². The van der Waals surface area contributed by atoms with Gasteiger partial charge in [-0.15, -0.1) is 0 Å². The van der Waals surface area contributed by atoms with Gasteiger partial charge in [0.2, 0.25) is 0 Å². The Labute approximate surface area is 186 Å². The van der Waals surface area contributed by atoms with Gasteiger partial charge in [-0.1, -0.05) is 30.3 Å². The summed E-state index contributed by atoms with van der Waals surface area (Å²) in [6.07, 6.45) is -1.03. The van der Waals surface area contributed by atoms with Gasteiger partial charge >= 0.3 is 6.18 Å². The average molecular weight is 444 g/mol. The molecule has 2 aliphatic rings. The molecule has 1 saturated heterocycles. The maximum Gasteiger partial charge on any atom is 0.395 e. The van der Waals surface area contributed by atoms with E-state index in [-0.39, 0.29) is 29.5 Å². The highest BCUT2D eigenvalue weighted by Crippen LogP contribution is 2.36. The number of likely N-dealkylation sites (tertiary alicyclic amines) is 1. The lowest BCUT2D eigenvalue weighted by molar-refractivity contribution is -0.146. The molecule has 1 aliphatic carbocycles. The van der Waals surface area contributed by atoms with E-state index in [0.29, 0.717) is 37.1 Å². The Morgan fingerprint density at radius 1 is 0.875 bits per heavy atom. The van der Waals surface area contributed by atoms with Gasteiger partial charge in [-0.05, 0) is 62.4 Å². The van der Waals surface area contributed by atoms with Crippen molar-refractivity contribution in [2.24, 2.45) is 0 Å². The first kappa shape index (κ1) is 22.4. The highest BCUT2D eigenvalue weighted by Gasteiger charge is 2.40. The Hall–Kier alpha value is -2.83. The van der Waals surface area contributed by atoms with Gasteiger partial charge in [0.1, 0.15) is 0 Å². The third-order valence-electron chi connectivity index (χ3n) is 6.49. The molecule has 0 bridgehead atoms. The largest absolute Gasteiger partial charge is 0.395 e. The molecule has 4 rings (SSSR count). The number of amides is 2. The van der Waals surface area contributed by atoms with Crippen LogP contribution in [0.5, 0.6) is 0 Å². The van der Waals surface area contributed by atoms with E-state index >= 15 is 0 Å². The summed E-state index contributed by atoms with van der Waals surface area (Å²) in [5.41, 5.74) is 1.23. The van der Waals surface area contributed by atoms with Crippen molar-refractivity contribution in [3.8, 4) is 0 Å². The lowest BCUT2D eigenvalue weighted by Gasteiger charge is -2.39. The third kappa shape index (κ3) is 4.81. The zero-order valence-electron chi connectivity index (χ0n) is 18.0. The highest BCUT2D eigenvalue weighted by atomic mass is 19.4. The minimum atomic E-state index is -4.31. The number of nitrogens with zero attached hydrogens (tertiary/aromatic N) is 2. The number of carbonyl (C=O) groups excluding carboxylic acids is 2. The summed E-state index contributed by atoms with van der Waals surface area (Å²) < 4.78 is 38.9. The SMILES string of the molecule is CC(c1ccc(C(=O)N(C2CC2)C2CCN(C(=O)c3ccccc3)CC2)cc1)C(F)(F)F. The first-order chi connectivity index (χ1) is 15.3. The molecule has 1 saturated carbocycles. The molecule has 2 amide bonds. The van der Waals surface area contributed by atoms with Crippen molar-refractivity contribution in [1.29, 1.82) is 0 Å². The minimum absolute atomic E-state index is 0.00252. The van der Waals surface area contributed by atoms with E-state index in [1.54, 1.807) is 12.1 Å². The number of halogens is 3. The van der Waals surface area contributed by atoms with E-state index in [9.17, 15) is 22.8 Å².